The molecule has 1 aliphatic heterocycles. The third kappa shape index (κ3) is 2.35. The summed E-state index contributed by atoms with van der Waals surface area (Å²) in [4.78, 5) is 6.87. The minimum atomic E-state index is 0.281. The van der Waals surface area contributed by atoms with Crippen molar-refractivity contribution >= 4 is 11.0 Å². The molecule has 3 rings (SSSR count). The lowest BCUT2D eigenvalue weighted by Gasteiger charge is -2.22. The number of nitrogens with two attached hydrogens (primary N) is 1. The van der Waals surface area contributed by atoms with Crippen molar-refractivity contribution < 1.29 is 0 Å². The van der Waals surface area contributed by atoms with Crippen LogP contribution in [-0.4, -0.2) is 39.7 Å². The van der Waals surface area contributed by atoms with Gasteiger partial charge >= 0.3 is 0 Å². The molecular weight excluding hydrogens is 238 g/mol. The maximum absolute atomic E-state index is 5.85. The molecule has 0 saturated carbocycles. The van der Waals surface area contributed by atoms with Crippen molar-refractivity contribution in [3.63, 3.8) is 0 Å². The molecule has 1 saturated heterocycles. The van der Waals surface area contributed by atoms with Crippen molar-refractivity contribution in [2.75, 3.05) is 19.6 Å². The fourth-order valence-electron chi connectivity index (χ4n) is 2.84. The number of aryl methyl sites for hydroxylation is 1. The van der Waals surface area contributed by atoms with E-state index in [1.807, 2.05) is 13.1 Å². The van der Waals surface area contributed by atoms with Crippen LogP contribution in [0.4, 0.5) is 0 Å². The van der Waals surface area contributed by atoms with Gasteiger partial charge in [-0.15, -0.1) is 0 Å². The zero-order chi connectivity index (χ0) is 13.5. The molecule has 0 radical (unpaired) electrons. The van der Waals surface area contributed by atoms with E-state index in [9.17, 15) is 0 Å². The minimum absolute atomic E-state index is 0.281. The number of hydrogen-bond acceptors (Lipinski definition) is 4. The Morgan fingerprint density at radius 2 is 2.37 bits per heavy atom. The van der Waals surface area contributed by atoms with Gasteiger partial charge in [0.1, 0.15) is 0 Å². The fourth-order valence-corrected chi connectivity index (χ4v) is 2.84. The molecule has 0 bridgehead atoms. The van der Waals surface area contributed by atoms with Crippen LogP contribution in [0, 0.1) is 12.3 Å². The highest BCUT2D eigenvalue weighted by Gasteiger charge is 2.32. The summed E-state index contributed by atoms with van der Waals surface area (Å²) in [6.07, 6.45) is 3.12. The molecule has 19 heavy (non-hydrogen) atoms. The molecule has 102 valence electrons. The molecule has 0 aromatic carbocycles. The van der Waals surface area contributed by atoms with E-state index in [0.717, 1.165) is 42.9 Å². The number of aromatic nitrogens is 3. The smallest absolute Gasteiger partial charge is 0.181 e. The summed E-state index contributed by atoms with van der Waals surface area (Å²) < 4.78 is 0. The maximum atomic E-state index is 5.85. The molecule has 1 atom stereocenters. The largest absolute Gasteiger partial charge is 0.330 e. The molecule has 0 spiro atoms. The predicted octanol–water partition coefficient (Wildman–Crippen LogP) is 1.44. The van der Waals surface area contributed by atoms with E-state index in [4.69, 9.17) is 5.73 Å². The second-order valence-corrected chi connectivity index (χ2v) is 6.04. The highest BCUT2D eigenvalue weighted by Crippen LogP contribution is 2.29. The normalized spacial score (nSPS) is 24.4. The molecule has 3 N–H and O–H groups in total. The quantitative estimate of drug-likeness (QED) is 0.875. The van der Waals surface area contributed by atoms with E-state index < -0.39 is 0 Å². The lowest BCUT2D eigenvalue weighted by Crippen LogP contribution is -2.31. The average Bonchev–Trinajstić information content (AvgIpc) is 2.95. The van der Waals surface area contributed by atoms with Crippen LogP contribution in [0.5, 0.6) is 0 Å². The molecule has 5 heteroatoms. The van der Waals surface area contributed by atoms with E-state index in [1.54, 1.807) is 0 Å². The zero-order valence-corrected chi connectivity index (χ0v) is 11.6. The number of hydrogen-bond donors (Lipinski definition) is 2. The first-order valence-corrected chi connectivity index (χ1v) is 6.82. The second kappa shape index (κ2) is 4.58. The zero-order valence-electron chi connectivity index (χ0n) is 11.6. The van der Waals surface area contributed by atoms with E-state index >= 15 is 0 Å². The monoisotopic (exact) mass is 259 g/mol. The molecule has 0 aliphatic carbocycles. The molecule has 1 aliphatic rings. The third-order valence-corrected chi connectivity index (χ3v) is 4.19. The predicted molar refractivity (Wildman–Crippen MR) is 75.7 cm³/mol. The van der Waals surface area contributed by atoms with Crippen LogP contribution in [0.3, 0.4) is 0 Å². The standard InChI is InChI=1S/C14H21N5/c1-10-12-5-11(6-16-13(12)18-17-10)7-19-4-3-14(2,8-15)9-19/h5-6H,3-4,7-9,15H2,1-2H3,(H,16,17,18). The summed E-state index contributed by atoms with van der Waals surface area (Å²) in [5.41, 5.74) is 9.26. The van der Waals surface area contributed by atoms with Crippen LogP contribution in [0.25, 0.3) is 11.0 Å². The van der Waals surface area contributed by atoms with Gasteiger partial charge in [0.15, 0.2) is 5.65 Å². The van der Waals surface area contributed by atoms with Gasteiger partial charge in [-0.1, -0.05) is 6.92 Å². The Bertz CT molecular complexity index is 591. The number of likely N-dealkylation sites (tertiary alicyclic amines) is 1. The fraction of sp³-hybridized carbons (Fsp3) is 0.571. The summed E-state index contributed by atoms with van der Waals surface area (Å²) in [6.45, 7) is 8.21. The van der Waals surface area contributed by atoms with Crippen LogP contribution < -0.4 is 5.73 Å². The van der Waals surface area contributed by atoms with E-state index in [-0.39, 0.29) is 5.41 Å². The molecule has 1 fully saturated rings. The van der Waals surface area contributed by atoms with Gasteiger partial charge in [-0.2, -0.15) is 5.10 Å². The summed E-state index contributed by atoms with van der Waals surface area (Å²) in [6, 6.07) is 2.19. The molecule has 0 amide bonds. The van der Waals surface area contributed by atoms with Crippen molar-refractivity contribution in [1.82, 2.24) is 20.1 Å². The Balaban J connectivity index is 1.77. The maximum Gasteiger partial charge on any atom is 0.181 e. The van der Waals surface area contributed by atoms with Crippen molar-refractivity contribution in [2.24, 2.45) is 11.1 Å². The number of fused-ring (bicyclic) bond motifs is 1. The first-order chi connectivity index (χ1) is 9.09. The van der Waals surface area contributed by atoms with E-state index in [1.165, 1.54) is 12.0 Å². The average molecular weight is 259 g/mol. The van der Waals surface area contributed by atoms with Gasteiger partial charge in [0.2, 0.25) is 0 Å². The van der Waals surface area contributed by atoms with Crippen LogP contribution >= 0.6 is 0 Å². The Labute approximate surface area is 113 Å². The number of aromatic amines is 1. The van der Waals surface area contributed by atoms with Crippen molar-refractivity contribution in [2.45, 2.75) is 26.8 Å². The Hall–Kier alpha value is -1.46. The van der Waals surface area contributed by atoms with Gasteiger partial charge in [0.25, 0.3) is 0 Å². The SMILES string of the molecule is Cc1[nH]nc2ncc(CN3CCC(C)(CN)C3)cc12. The molecule has 3 heterocycles. The van der Waals surface area contributed by atoms with Gasteiger partial charge < -0.3 is 5.73 Å². The summed E-state index contributed by atoms with van der Waals surface area (Å²) in [5, 5.41) is 8.26. The van der Waals surface area contributed by atoms with E-state index in [2.05, 4.69) is 33.1 Å². The van der Waals surface area contributed by atoms with Gasteiger partial charge in [0.05, 0.1) is 0 Å². The highest BCUT2D eigenvalue weighted by atomic mass is 15.2. The Kier molecular flexibility index (Phi) is 3.03. The summed E-state index contributed by atoms with van der Waals surface area (Å²) >= 11 is 0. The van der Waals surface area contributed by atoms with Crippen molar-refractivity contribution in [1.29, 1.82) is 0 Å². The first-order valence-electron chi connectivity index (χ1n) is 6.82. The number of H-pyrrole nitrogens is 1. The summed E-state index contributed by atoms with van der Waals surface area (Å²) in [7, 11) is 0. The Morgan fingerprint density at radius 3 is 3.11 bits per heavy atom. The molecule has 2 aromatic heterocycles. The third-order valence-electron chi connectivity index (χ3n) is 4.19. The van der Waals surface area contributed by atoms with Crippen LogP contribution in [0.2, 0.25) is 0 Å². The summed E-state index contributed by atoms with van der Waals surface area (Å²) in [5.74, 6) is 0. The number of pyridine rings is 1. The minimum Gasteiger partial charge on any atom is -0.330 e. The van der Waals surface area contributed by atoms with Gasteiger partial charge in [-0.3, -0.25) is 10.00 Å². The van der Waals surface area contributed by atoms with Crippen LogP contribution in [-0.2, 0) is 6.54 Å². The molecular formula is C14H21N5. The Morgan fingerprint density at radius 1 is 1.53 bits per heavy atom. The molecule has 5 nitrogen and oxygen atoms in total. The van der Waals surface area contributed by atoms with Crippen molar-refractivity contribution in [3.05, 3.63) is 23.5 Å². The van der Waals surface area contributed by atoms with Gasteiger partial charge in [-0.25, -0.2) is 4.98 Å². The molecule has 2 aromatic rings. The first kappa shape index (κ1) is 12.6. The number of nitrogens with zero attached hydrogens (tertiary/aromatic N) is 3. The van der Waals surface area contributed by atoms with Gasteiger partial charge in [-0.05, 0) is 43.5 Å². The second-order valence-electron chi connectivity index (χ2n) is 6.04. The number of rotatable bonds is 3. The van der Waals surface area contributed by atoms with Crippen LogP contribution in [0.15, 0.2) is 12.3 Å². The lowest BCUT2D eigenvalue weighted by atomic mass is 9.90. The lowest BCUT2D eigenvalue weighted by molar-refractivity contribution is 0.274. The highest BCUT2D eigenvalue weighted by molar-refractivity contribution is 5.77. The number of nitrogens with one attached hydrogen (secondary N) is 1. The van der Waals surface area contributed by atoms with Crippen molar-refractivity contribution in [3.8, 4) is 0 Å². The van der Waals surface area contributed by atoms with Crippen LogP contribution in [0.1, 0.15) is 24.6 Å². The topological polar surface area (TPSA) is 70.8 Å². The van der Waals surface area contributed by atoms with E-state index in [0.29, 0.717) is 0 Å². The molecule has 1 unspecified atom stereocenters. The van der Waals surface area contributed by atoms with Gasteiger partial charge in [0, 0.05) is 30.4 Å².